The maximum Gasteiger partial charge on any atom is 0.272 e. The summed E-state index contributed by atoms with van der Waals surface area (Å²) >= 11 is 3.27. The fraction of sp³-hybridized carbons (Fsp3) is 0.500. The van der Waals surface area contributed by atoms with Crippen molar-refractivity contribution in [2.24, 2.45) is 0 Å². The highest BCUT2D eigenvalue weighted by atomic mass is 79.9. The van der Waals surface area contributed by atoms with Gasteiger partial charge < -0.3 is 9.64 Å². The first kappa shape index (κ1) is 12.5. The molecule has 5 heteroatoms. The highest BCUT2D eigenvalue weighted by molar-refractivity contribution is 9.10. The number of pyridine rings is 1. The minimum Gasteiger partial charge on any atom is -0.381 e. The molecule has 4 nitrogen and oxygen atoms in total. The number of amides is 1. The molecule has 0 aromatic carbocycles. The van der Waals surface area contributed by atoms with Gasteiger partial charge in [0.25, 0.3) is 5.91 Å². The Morgan fingerprint density at radius 2 is 2.18 bits per heavy atom. The van der Waals surface area contributed by atoms with Gasteiger partial charge >= 0.3 is 0 Å². The molecule has 2 rings (SSSR count). The van der Waals surface area contributed by atoms with Crippen LogP contribution in [0.3, 0.4) is 0 Å². The molecule has 0 spiro atoms. The monoisotopic (exact) mass is 298 g/mol. The quantitative estimate of drug-likeness (QED) is 0.785. The lowest BCUT2D eigenvalue weighted by Gasteiger charge is -2.31. The van der Waals surface area contributed by atoms with Crippen LogP contribution in [0.25, 0.3) is 0 Å². The van der Waals surface area contributed by atoms with E-state index in [-0.39, 0.29) is 12.0 Å². The van der Waals surface area contributed by atoms with Crippen molar-refractivity contribution < 1.29 is 9.53 Å². The van der Waals surface area contributed by atoms with E-state index in [1.807, 2.05) is 17.0 Å². The first-order valence-corrected chi connectivity index (χ1v) is 6.44. The normalized spacial score (nSPS) is 17.2. The van der Waals surface area contributed by atoms with Crippen LogP contribution in [-0.2, 0) is 4.74 Å². The third-order valence-electron chi connectivity index (χ3n) is 3.00. The molecular formula is C12H15BrN2O2. The first-order valence-electron chi connectivity index (χ1n) is 5.65. The number of hydrogen-bond donors (Lipinski definition) is 0. The summed E-state index contributed by atoms with van der Waals surface area (Å²) in [4.78, 5) is 18.2. The molecule has 1 amide bonds. The maximum atomic E-state index is 12.1. The Kier molecular flexibility index (Phi) is 4.12. The lowest BCUT2D eigenvalue weighted by atomic mass is 10.1. The van der Waals surface area contributed by atoms with Crippen LogP contribution in [0, 0.1) is 0 Å². The predicted octanol–water partition coefficient (Wildman–Crippen LogP) is 2.10. The maximum absolute atomic E-state index is 12.1. The van der Waals surface area contributed by atoms with Crippen LogP contribution < -0.4 is 0 Å². The predicted molar refractivity (Wildman–Crippen MR) is 67.9 cm³/mol. The van der Waals surface area contributed by atoms with Gasteiger partial charge in [0.05, 0.1) is 6.10 Å². The number of piperidine rings is 1. The molecular weight excluding hydrogens is 284 g/mol. The Bertz CT molecular complexity index is 403. The van der Waals surface area contributed by atoms with Crippen LogP contribution in [0.2, 0.25) is 0 Å². The van der Waals surface area contributed by atoms with E-state index in [0.717, 1.165) is 25.9 Å². The average Bonchev–Trinajstić information content (AvgIpc) is 2.38. The Morgan fingerprint density at radius 3 is 2.76 bits per heavy atom. The van der Waals surface area contributed by atoms with Crippen molar-refractivity contribution in [3.05, 3.63) is 28.5 Å². The number of halogens is 1. The van der Waals surface area contributed by atoms with Crippen LogP contribution in [0.15, 0.2) is 22.8 Å². The molecule has 1 aromatic rings. The fourth-order valence-corrected chi connectivity index (χ4v) is 2.33. The molecule has 0 aliphatic carbocycles. The third kappa shape index (κ3) is 3.04. The van der Waals surface area contributed by atoms with Gasteiger partial charge in [-0.15, -0.1) is 0 Å². The van der Waals surface area contributed by atoms with E-state index in [9.17, 15) is 4.79 Å². The molecule has 0 bridgehead atoms. The van der Waals surface area contributed by atoms with Gasteiger partial charge in [0.1, 0.15) is 10.3 Å². The third-order valence-corrected chi connectivity index (χ3v) is 3.44. The van der Waals surface area contributed by atoms with E-state index in [0.29, 0.717) is 10.3 Å². The van der Waals surface area contributed by atoms with Crippen LogP contribution in [0.5, 0.6) is 0 Å². The molecule has 1 aliphatic heterocycles. The second-order valence-corrected chi connectivity index (χ2v) is 4.89. The van der Waals surface area contributed by atoms with Crippen molar-refractivity contribution in [3.8, 4) is 0 Å². The summed E-state index contributed by atoms with van der Waals surface area (Å²) in [6.45, 7) is 1.48. The number of nitrogens with zero attached hydrogens (tertiary/aromatic N) is 2. The fourth-order valence-electron chi connectivity index (χ4n) is 1.98. The minimum atomic E-state index is 0.000790. The van der Waals surface area contributed by atoms with E-state index in [4.69, 9.17) is 4.74 Å². The summed E-state index contributed by atoms with van der Waals surface area (Å²) in [6, 6.07) is 5.38. The molecule has 0 atom stereocenters. The molecule has 1 saturated heterocycles. The van der Waals surface area contributed by atoms with Gasteiger partial charge in [-0.3, -0.25) is 4.79 Å². The van der Waals surface area contributed by atoms with Crippen molar-refractivity contribution in [3.63, 3.8) is 0 Å². The zero-order valence-corrected chi connectivity index (χ0v) is 11.3. The van der Waals surface area contributed by atoms with Crippen molar-refractivity contribution in [1.82, 2.24) is 9.88 Å². The first-order chi connectivity index (χ1) is 8.20. The van der Waals surface area contributed by atoms with Crippen LogP contribution in [0.1, 0.15) is 23.3 Å². The molecule has 92 valence electrons. The van der Waals surface area contributed by atoms with Gasteiger partial charge in [0, 0.05) is 20.2 Å². The van der Waals surface area contributed by atoms with Crippen LogP contribution in [-0.4, -0.2) is 42.1 Å². The van der Waals surface area contributed by atoms with E-state index in [2.05, 4.69) is 20.9 Å². The number of carbonyl (C=O) groups is 1. The van der Waals surface area contributed by atoms with Gasteiger partial charge in [0.2, 0.25) is 0 Å². The number of rotatable bonds is 2. The highest BCUT2D eigenvalue weighted by Crippen LogP contribution is 2.16. The second kappa shape index (κ2) is 5.60. The van der Waals surface area contributed by atoms with Crippen LogP contribution in [0.4, 0.5) is 0 Å². The van der Waals surface area contributed by atoms with E-state index in [1.54, 1.807) is 13.2 Å². The Balaban J connectivity index is 2.02. The zero-order valence-electron chi connectivity index (χ0n) is 9.73. The van der Waals surface area contributed by atoms with E-state index in [1.165, 1.54) is 0 Å². The number of aromatic nitrogens is 1. The molecule has 17 heavy (non-hydrogen) atoms. The topological polar surface area (TPSA) is 42.4 Å². The number of methoxy groups -OCH3 is 1. The Hall–Kier alpha value is -0.940. The van der Waals surface area contributed by atoms with E-state index < -0.39 is 0 Å². The molecule has 0 radical (unpaired) electrons. The average molecular weight is 299 g/mol. The summed E-state index contributed by atoms with van der Waals surface area (Å²) in [5.41, 5.74) is 0.496. The lowest BCUT2D eigenvalue weighted by molar-refractivity contribution is 0.0347. The SMILES string of the molecule is COC1CCN(C(=O)c2cccc(Br)n2)CC1. The highest BCUT2D eigenvalue weighted by Gasteiger charge is 2.23. The van der Waals surface area contributed by atoms with Crippen molar-refractivity contribution in [1.29, 1.82) is 0 Å². The number of carbonyl (C=O) groups excluding carboxylic acids is 1. The summed E-state index contributed by atoms with van der Waals surface area (Å²) < 4.78 is 5.97. The largest absolute Gasteiger partial charge is 0.381 e. The van der Waals surface area contributed by atoms with Gasteiger partial charge in [-0.05, 0) is 40.9 Å². The molecule has 0 saturated carbocycles. The standard InChI is InChI=1S/C12H15BrN2O2/c1-17-9-5-7-15(8-6-9)12(16)10-3-2-4-11(13)14-10/h2-4,9H,5-8H2,1H3. The lowest BCUT2D eigenvalue weighted by Crippen LogP contribution is -2.40. The van der Waals surface area contributed by atoms with Crippen LogP contribution >= 0.6 is 15.9 Å². The number of likely N-dealkylation sites (tertiary alicyclic amines) is 1. The van der Waals surface area contributed by atoms with Crippen molar-refractivity contribution in [2.45, 2.75) is 18.9 Å². The summed E-state index contributed by atoms with van der Waals surface area (Å²) in [5.74, 6) is 0.000790. The summed E-state index contributed by atoms with van der Waals surface area (Å²) in [6.07, 6.45) is 2.08. The van der Waals surface area contributed by atoms with Gasteiger partial charge in [-0.25, -0.2) is 4.98 Å². The smallest absolute Gasteiger partial charge is 0.272 e. The molecule has 0 N–H and O–H groups in total. The van der Waals surface area contributed by atoms with Crippen molar-refractivity contribution in [2.75, 3.05) is 20.2 Å². The molecule has 1 aliphatic rings. The second-order valence-electron chi connectivity index (χ2n) is 4.07. The van der Waals surface area contributed by atoms with E-state index >= 15 is 0 Å². The molecule has 2 heterocycles. The minimum absolute atomic E-state index is 0.000790. The molecule has 1 aromatic heterocycles. The Labute approximate surface area is 109 Å². The van der Waals surface area contributed by atoms with Crippen molar-refractivity contribution >= 4 is 21.8 Å². The zero-order chi connectivity index (χ0) is 12.3. The summed E-state index contributed by atoms with van der Waals surface area (Å²) in [7, 11) is 1.72. The molecule has 0 unspecified atom stereocenters. The van der Waals surface area contributed by atoms with Gasteiger partial charge in [-0.1, -0.05) is 6.07 Å². The van der Waals surface area contributed by atoms with Gasteiger partial charge in [-0.2, -0.15) is 0 Å². The van der Waals surface area contributed by atoms with Gasteiger partial charge in [0.15, 0.2) is 0 Å². The molecule has 1 fully saturated rings. The Morgan fingerprint density at radius 1 is 1.47 bits per heavy atom. The number of hydrogen-bond acceptors (Lipinski definition) is 3. The number of ether oxygens (including phenoxy) is 1. The summed E-state index contributed by atoms with van der Waals surface area (Å²) in [5, 5.41) is 0.